The van der Waals surface area contributed by atoms with Gasteiger partial charge in [-0.25, -0.2) is 9.97 Å². The molecule has 5 heteroatoms. The van der Waals surface area contributed by atoms with Crippen LogP contribution in [0.5, 0.6) is 0 Å². The van der Waals surface area contributed by atoms with Crippen LogP contribution < -0.4 is 4.90 Å². The second kappa shape index (κ2) is 8.18. The number of benzene rings is 1. The van der Waals surface area contributed by atoms with Crippen LogP contribution in [0.2, 0.25) is 0 Å². The maximum Gasteiger partial charge on any atom is 0.180 e. The molecule has 0 N–H and O–H groups in total. The number of pyridine rings is 1. The summed E-state index contributed by atoms with van der Waals surface area (Å²) in [4.78, 5) is 16.2. The van der Waals surface area contributed by atoms with Gasteiger partial charge >= 0.3 is 0 Å². The molecule has 0 saturated carbocycles. The smallest absolute Gasteiger partial charge is 0.180 e. The molecule has 0 radical (unpaired) electrons. The number of aromatic nitrogens is 3. The Labute approximate surface area is 165 Å². The summed E-state index contributed by atoms with van der Waals surface area (Å²) >= 11 is 0. The minimum Gasteiger partial charge on any atom is -0.352 e. The Hall–Kier alpha value is -3.26. The van der Waals surface area contributed by atoms with E-state index in [1.165, 1.54) is 0 Å². The van der Waals surface area contributed by atoms with Crippen molar-refractivity contribution in [3.8, 4) is 17.6 Å². The molecule has 1 fully saturated rings. The van der Waals surface area contributed by atoms with E-state index in [0.717, 1.165) is 48.6 Å². The average Bonchev–Trinajstić information content (AvgIpc) is 3.25. The molecular weight excluding hydrogens is 346 g/mol. The van der Waals surface area contributed by atoms with E-state index in [1.54, 1.807) is 6.20 Å². The van der Waals surface area contributed by atoms with Crippen LogP contribution in [0.1, 0.15) is 36.9 Å². The number of anilines is 1. The molecule has 0 aliphatic carbocycles. The topological polar surface area (TPSA) is 65.7 Å². The third-order valence-corrected chi connectivity index (χ3v) is 5.30. The van der Waals surface area contributed by atoms with E-state index in [4.69, 9.17) is 4.98 Å². The Kier molecular flexibility index (Phi) is 5.29. The summed E-state index contributed by atoms with van der Waals surface area (Å²) in [5.74, 6) is 1.36. The highest BCUT2D eigenvalue weighted by atomic mass is 15.2. The minimum absolute atomic E-state index is 0.114. The van der Waals surface area contributed by atoms with Gasteiger partial charge < -0.3 is 4.90 Å². The first kappa shape index (κ1) is 18.1. The van der Waals surface area contributed by atoms with Gasteiger partial charge in [0.05, 0.1) is 18.0 Å². The Morgan fingerprint density at radius 1 is 1.14 bits per heavy atom. The summed E-state index contributed by atoms with van der Waals surface area (Å²) in [6, 6.07) is 20.6. The second-order valence-corrected chi connectivity index (χ2v) is 7.03. The maximum absolute atomic E-state index is 9.92. The zero-order valence-corrected chi connectivity index (χ0v) is 16.0. The fourth-order valence-electron chi connectivity index (χ4n) is 3.89. The van der Waals surface area contributed by atoms with Gasteiger partial charge in [-0.15, -0.1) is 0 Å². The Morgan fingerprint density at radius 3 is 2.68 bits per heavy atom. The summed E-state index contributed by atoms with van der Waals surface area (Å²) in [6.07, 6.45) is 4.63. The Bertz CT molecular complexity index is 965. The lowest BCUT2D eigenvalue weighted by Crippen LogP contribution is -2.35. The van der Waals surface area contributed by atoms with Gasteiger partial charge in [0.15, 0.2) is 5.82 Å². The summed E-state index contributed by atoms with van der Waals surface area (Å²) in [7, 11) is 0. The van der Waals surface area contributed by atoms with Crippen molar-refractivity contribution in [2.45, 2.75) is 38.1 Å². The van der Waals surface area contributed by atoms with Crippen molar-refractivity contribution in [1.82, 2.24) is 15.0 Å². The normalized spacial score (nSPS) is 17.3. The molecule has 3 aromatic rings. The van der Waals surface area contributed by atoms with E-state index in [-0.39, 0.29) is 12.0 Å². The lowest BCUT2D eigenvalue weighted by molar-refractivity contribution is 0.607. The van der Waals surface area contributed by atoms with E-state index in [2.05, 4.69) is 33.9 Å². The summed E-state index contributed by atoms with van der Waals surface area (Å²) in [6.45, 7) is 3.00. The quantitative estimate of drug-likeness (QED) is 0.668. The van der Waals surface area contributed by atoms with Crippen molar-refractivity contribution < 1.29 is 0 Å². The summed E-state index contributed by atoms with van der Waals surface area (Å²) in [5.41, 5.74) is 2.83. The molecule has 0 spiro atoms. The van der Waals surface area contributed by atoms with Crippen LogP contribution in [0.15, 0.2) is 60.8 Å². The molecule has 3 heterocycles. The third kappa shape index (κ3) is 3.59. The highest BCUT2D eigenvalue weighted by Crippen LogP contribution is 2.34. The number of hydrogen-bond donors (Lipinski definition) is 0. The van der Waals surface area contributed by atoms with Crippen molar-refractivity contribution in [2.75, 3.05) is 11.4 Å². The molecule has 0 amide bonds. The van der Waals surface area contributed by atoms with Gasteiger partial charge in [0.1, 0.15) is 11.5 Å². The van der Waals surface area contributed by atoms with Gasteiger partial charge in [-0.3, -0.25) is 4.98 Å². The molecule has 1 aliphatic rings. The monoisotopic (exact) mass is 369 g/mol. The number of hydrogen-bond acceptors (Lipinski definition) is 5. The lowest BCUT2D eigenvalue weighted by atomic mass is 9.91. The first-order valence-electron chi connectivity index (χ1n) is 9.80. The predicted octanol–water partition coefficient (Wildman–Crippen LogP) is 4.38. The molecule has 2 atom stereocenters. The van der Waals surface area contributed by atoms with Gasteiger partial charge in [0.25, 0.3) is 0 Å². The van der Waals surface area contributed by atoms with Crippen molar-refractivity contribution in [2.24, 2.45) is 0 Å². The first-order valence-corrected chi connectivity index (χ1v) is 9.80. The van der Waals surface area contributed by atoms with Gasteiger partial charge in [-0.1, -0.05) is 43.3 Å². The maximum atomic E-state index is 9.92. The highest BCUT2D eigenvalue weighted by Gasteiger charge is 2.34. The van der Waals surface area contributed by atoms with Gasteiger partial charge in [0.2, 0.25) is 0 Å². The van der Waals surface area contributed by atoms with Crippen LogP contribution in [0, 0.1) is 11.3 Å². The lowest BCUT2D eigenvalue weighted by Gasteiger charge is -2.29. The van der Waals surface area contributed by atoms with Crippen LogP contribution in [-0.2, 0) is 6.42 Å². The van der Waals surface area contributed by atoms with Gasteiger partial charge in [0, 0.05) is 24.5 Å². The van der Waals surface area contributed by atoms with Crippen molar-refractivity contribution in [3.63, 3.8) is 0 Å². The molecule has 1 saturated heterocycles. The zero-order chi connectivity index (χ0) is 19.3. The minimum atomic E-state index is -0.179. The molecule has 28 heavy (non-hydrogen) atoms. The Balaban J connectivity index is 1.72. The fraction of sp³-hybridized carbons (Fsp3) is 0.304. The summed E-state index contributed by atoms with van der Waals surface area (Å²) < 4.78 is 0. The van der Waals surface area contributed by atoms with Crippen LogP contribution >= 0.6 is 0 Å². The number of aryl methyl sites for hydroxylation is 1. The van der Waals surface area contributed by atoms with Crippen LogP contribution in [0.25, 0.3) is 11.5 Å². The molecule has 1 aromatic carbocycles. The van der Waals surface area contributed by atoms with Crippen molar-refractivity contribution >= 4 is 5.82 Å². The third-order valence-electron chi connectivity index (χ3n) is 5.30. The molecule has 0 bridgehead atoms. The highest BCUT2D eigenvalue weighted by molar-refractivity contribution is 5.55. The standard InChI is InChI=1S/C23H23N5/c1-2-18-15-22(27-23(26-18)20-11-6-7-13-25-20)28-14-8-12-21(28)19(16-24)17-9-4-3-5-10-17/h3-7,9-11,13,15,19,21H,2,8,12,14H2,1H3. The van der Waals surface area contributed by atoms with E-state index >= 15 is 0 Å². The van der Waals surface area contributed by atoms with Crippen molar-refractivity contribution in [1.29, 1.82) is 5.26 Å². The van der Waals surface area contributed by atoms with E-state index in [1.807, 2.05) is 48.5 Å². The molecule has 2 aromatic heterocycles. The van der Waals surface area contributed by atoms with Gasteiger partial charge in [-0.05, 0) is 37.0 Å². The second-order valence-electron chi connectivity index (χ2n) is 7.03. The number of nitrogens with zero attached hydrogens (tertiary/aromatic N) is 5. The molecule has 140 valence electrons. The fourth-order valence-corrected chi connectivity index (χ4v) is 3.89. The van der Waals surface area contributed by atoms with Crippen LogP contribution in [-0.4, -0.2) is 27.5 Å². The van der Waals surface area contributed by atoms with E-state index in [0.29, 0.717) is 5.82 Å². The predicted molar refractivity (Wildman–Crippen MR) is 110 cm³/mol. The van der Waals surface area contributed by atoms with Crippen molar-refractivity contribution in [3.05, 3.63) is 72.1 Å². The zero-order valence-electron chi connectivity index (χ0n) is 16.0. The number of rotatable bonds is 5. The first-order chi connectivity index (χ1) is 13.8. The SMILES string of the molecule is CCc1cc(N2CCCC2C(C#N)c2ccccc2)nc(-c2ccccn2)n1. The Morgan fingerprint density at radius 2 is 1.96 bits per heavy atom. The molecule has 4 rings (SSSR count). The summed E-state index contributed by atoms with van der Waals surface area (Å²) in [5, 5.41) is 9.92. The number of nitriles is 1. The molecule has 2 unspecified atom stereocenters. The molecule has 5 nitrogen and oxygen atoms in total. The van der Waals surface area contributed by atoms with Gasteiger partial charge in [-0.2, -0.15) is 5.26 Å². The molecular formula is C23H23N5. The van der Waals surface area contributed by atoms with E-state index < -0.39 is 0 Å². The largest absolute Gasteiger partial charge is 0.352 e. The average molecular weight is 369 g/mol. The van der Waals surface area contributed by atoms with E-state index in [9.17, 15) is 5.26 Å². The van der Waals surface area contributed by atoms with Crippen LogP contribution in [0.4, 0.5) is 5.82 Å². The van der Waals surface area contributed by atoms with Crippen LogP contribution in [0.3, 0.4) is 0 Å². The molecule has 1 aliphatic heterocycles.